The average molecular weight is 410 g/mol. The molecule has 0 unspecified atom stereocenters. The first kappa shape index (κ1) is 20.1. The quantitative estimate of drug-likeness (QED) is 0.526. The van der Waals surface area contributed by atoms with Gasteiger partial charge in [0.1, 0.15) is 12.2 Å². The Balaban J connectivity index is 1.39. The molecule has 0 spiro atoms. The zero-order chi connectivity index (χ0) is 20.8. The predicted molar refractivity (Wildman–Crippen MR) is 104 cm³/mol. The van der Waals surface area contributed by atoms with Crippen molar-refractivity contribution in [2.75, 3.05) is 19.6 Å². The number of H-pyrrole nitrogens is 1. The van der Waals surface area contributed by atoms with Crippen LogP contribution in [-0.4, -0.2) is 64.5 Å². The number of aliphatic hydroxyl groups is 1. The number of hydrogen-bond donors (Lipinski definition) is 3. The first-order valence-corrected chi connectivity index (χ1v) is 9.70. The lowest BCUT2D eigenvalue weighted by Crippen LogP contribution is -2.69. The van der Waals surface area contributed by atoms with Crippen molar-refractivity contribution in [3.63, 3.8) is 0 Å². The fraction of sp³-hybridized carbons (Fsp3) is 0.579. The zero-order valence-corrected chi connectivity index (χ0v) is 16.0. The van der Waals surface area contributed by atoms with Gasteiger partial charge in [-0.2, -0.15) is 13.2 Å². The topological polar surface area (TPSA) is 93.2 Å². The first-order chi connectivity index (χ1) is 13.7. The lowest BCUT2D eigenvalue weighted by Gasteiger charge is -2.48. The van der Waals surface area contributed by atoms with Crippen LogP contribution < -0.4 is 5.84 Å². The van der Waals surface area contributed by atoms with Gasteiger partial charge in [-0.15, -0.1) is 0 Å². The van der Waals surface area contributed by atoms with Crippen molar-refractivity contribution in [2.45, 2.75) is 37.5 Å². The van der Waals surface area contributed by atoms with Crippen molar-refractivity contribution in [3.05, 3.63) is 23.5 Å². The smallest absolute Gasteiger partial charge is 0.378 e. The molecule has 1 aliphatic carbocycles. The van der Waals surface area contributed by atoms with E-state index in [0.717, 1.165) is 48.5 Å². The second-order valence-electron chi connectivity index (χ2n) is 8.20. The van der Waals surface area contributed by atoms with Crippen molar-refractivity contribution < 1.29 is 18.3 Å². The van der Waals surface area contributed by atoms with Crippen molar-refractivity contribution >= 4 is 24.6 Å². The van der Waals surface area contributed by atoms with Gasteiger partial charge in [0.25, 0.3) is 0 Å². The van der Waals surface area contributed by atoms with Crippen LogP contribution in [0, 0.1) is 11.8 Å². The molecule has 2 aliphatic heterocycles. The highest BCUT2D eigenvalue weighted by molar-refractivity contribution is 5.87. The van der Waals surface area contributed by atoms with Crippen LogP contribution in [0.15, 0.2) is 27.9 Å². The molecule has 1 saturated heterocycles. The summed E-state index contributed by atoms with van der Waals surface area (Å²) in [6, 6.07) is 1.91. The number of nitrogens with one attached hydrogen (secondary N) is 1. The molecule has 0 amide bonds. The molecule has 7 nitrogen and oxygen atoms in total. The zero-order valence-electron chi connectivity index (χ0n) is 16.0. The number of hydrazine groups is 1. The van der Waals surface area contributed by atoms with Gasteiger partial charge in [-0.05, 0) is 44.4 Å². The van der Waals surface area contributed by atoms with Crippen molar-refractivity contribution in [1.29, 1.82) is 0 Å². The predicted octanol–water partition coefficient (Wildman–Crippen LogP) is 2.65. The normalized spacial score (nSPS) is 28.7. The molecule has 0 atom stereocenters. The Hall–Kier alpha value is -2.17. The number of rotatable bonds is 4. The second kappa shape index (κ2) is 7.26. The SMILES string of the molecule is C=N/C(=C1/c2cc[nH]c2N=CN1N)C1CCC(CN2CC(O)(C(F)(F)F)C2)CC1. The van der Waals surface area contributed by atoms with E-state index in [0.29, 0.717) is 12.5 Å². The Bertz CT molecular complexity index is 831. The molecule has 1 saturated carbocycles. The van der Waals surface area contributed by atoms with Crippen molar-refractivity contribution in [2.24, 2.45) is 27.7 Å². The van der Waals surface area contributed by atoms with Gasteiger partial charge < -0.3 is 10.1 Å². The number of fused-ring (bicyclic) bond motifs is 1. The molecule has 10 heteroatoms. The van der Waals surface area contributed by atoms with Crippen molar-refractivity contribution in [3.8, 4) is 0 Å². The van der Waals surface area contributed by atoms with Gasteiger partial charge in [-0.1, -0.05) is 0 Å². The van der Waals surface area contributed by atoms with Crippen LogP contribution >= 0.6 is 0 Å². The number of alkyl halides is 3. The molecule has 1 aromatic heterocycles. The van der Waals surface area contributed by atoms with Crippen LogP contribution in [0.3, 0.4) is 0 Å². The Morgan fingerprint density at radius 3 is 2.66 bits per heavy atom. The number of aromatic nitrogens is 1. The largest absolute Gasteiger partial charge is 0.419 e. The minimum atomic E-state index is -4.56. The fourth-order valence-corrected chi connectivity index (χ4v) is 4.63. The van der Waals surface area contributed by atoms with Gasteiger partial charge in [0.15, 0.2) is 5.60 Å². The van der Waals surface area contributed by atoms with E-state index in [-0.39, 0.29) is 19.0 Å². The number of hydrogen-bond acceptors (Lipinski definition) is 6. The van der Waals surface area contributed by atoms with Gasteiger partial charge in [0, 0.05) is 37.3 Å². The maximum atomic E-state index is 12.8. The standard InChI is InChI=1S/C19H25F3N6O/c1-24-15(16-14-6-7-25-17(14)26-11-28(16)23)13-4-2-12(3-5-13)8-27-9-18(29,10-27)19(20,21)22/h6-7,11-13,25,29H,1-5,8-10,23H2/b16-15-. The van der Waals surface area contributed by atoms with E-state index in [1.54, 1.807) is 11.1 Å². The lowest BCUT2D eigenvalue weighted by atomic mass is 9.78. The van der Waals surface area contributed by atoms with Gasteiger partial charge in [0.2, 0.25) is 0 Å². The molecule has 0 bridgehead atoms. The molecule has 1 aromatic rings. The maximum Gasteiger partial charge on any atom is 0.419 e. The van der Waals surface area contributed by atoms with E-state index in [4.69, 9.17) is 5.84 Å². The molecular formula is C19H25F3N6O. The van der Waals surface area contributed by atoms with E-state index < -0.39 is 11.8 Å². The third-order valence-electron chi connectivity index (χ3n) is 6.21. The molecular weight excluding hydrogens is 385 g/mol. The molecule has 0 aromatic carbocycles. The minimum absolute atomic E-state index is 0.183. The Kier molecular flexibility index (Phi) is 5.04. The summed E-state index contributed by atoms with van der Waals surface area (Å²) < 4.78 is 38.3. The fourth-order valence-electron chi connectivity index (χ4n) is 4.63. The summed E-state index contributed by atoms with van der Waals surface area (Å²) in [6.45, 7) is 3.65. The third-order valence-corrected chi connectivity index (χ3v) is 6.21. The van der Waals surface area contributed by atoms with Crippen LogP contribution in [-0.2, 0) is 0 Å². The monoisotopic (exact) mass is 410 g/mol. The third kappa shape index (κ3) is 3.60. The summed E-state index contributed by atoms with van der Waals surface area (Å²) in [5, 5.41) is 11.1. The Morgan fingerprint density at radius 1 is 1.34 bits per heavy atom. The van der Waals surface area contributed by atoms with E-state index in [9.17, 15) is 18.3 Å². The summed E-state index contributed by atoms with van der Waals surface area (Å²) in [5.74, 6) is 7.34. The first-order valence-electron chi connectivity index (χ1n) is 9.70. The van der Waals surface area contributed by atoms with Crippen LogP contribution in [0.1, 0.15) is 31.2 Å². The summed E-state index contributed by atoms with van der Waals surface area (Å²) in [4.78, 5) is 13.3. The van der Waals surface area contributed by atoms with Crippen molar-refractivity contribution in [1.82, 2.24) is 14.9 Å². The maximum absolute atomic E-state index is 12.8. The van der Waals surface area contributed by atoms with Gasteiger partial charge in [0.05, 0.1) is 11.4 Å². The molecule has 158 valence electrons. The summed E-state index contributed by atoms with van der Waals surface area (Å²) in [6.07, 6.45) is 2.28. The molecule has 3 heterocycles. The number of allylic oxidation sites excluding steroid dienone is 1. The second-order valence-corrected chi connectivity index (χ2v) is 8.20. The Labute approximate surface area is 166 Å². The van der Waals surface area contributed by atoms with E-state index >= 15 is 0 Å². The summed E-state index contributed by atoms with van der Waals surface area (Å²) in [5.41, 5.74) is -0.0526. The molecule has 0 radical (unpaired) electrons. The Morgan fingerprint density at radius 2 is 2.03 bits per heavy atom. The van der Waals surface area contributed by atoms with E-state index in [2.05, 4.69) is 21.7 Å². The minimum Gasteiger partial charge on any atom is -0.378 e. The van der Waals surface area contributed by atoms with E-state index in [1.807, 2.05) is 6.07 Å². The lowest BCUT2D eigenvalue weighted by molar-refractivity contribution is -0.302. The van der Waals surface area contributed by atoms with E-state index in [1.165, 1.54) is 11.3 Å². The number of aromatic amines is 1. The van der Waals surface area contributed by atoms with Gasteiger partial charge in [-0.25, -0.2) is 10.8 Å². The molecule has 4 rings (SSSR count). The highest BCUT2D eigenvalue weighted by atomic mass is 19.4. The van der Waals surface area contributed by atoms with Gasteiger partial charge in [-0.3, -0.25) is 14.9 Å². The van der Waals surface area contributed by atoms with Crippen LogP contribution in [0.2, 0.25) is 0 Å². The number of halogens is 3. The highest BCUT2D eigenvalue weighted by Crippen LogP contribution is 2.42. The molecule has 2 fully saturated rings. The van der Waals surface area contributed by atoms with Gasteiger partial charge >= 0.3 is 6.18 Å². The number of aliphatic imine (C=N–C) groups is 2. The number of nitrogens with zero attached hydrogens (tertiary/aromatic N) is 4. The summed E-state index contributed by atoms with van der Waals surface area (Å²) >= 11 is 0. The summed E-state index contributed by atoms with van der Waals surface area (Å²) in [7, 11) is 0. The van der Waals surface area contributed by atoms with Crippen LogP contribution in [0.5, 0.6) is 0 Å². The van der Waals surface area contributed by atoms with Crippen LogP contribution in [0.4, 0.5) is 19.0 Å². The molecule has 4 N–H and O–H groups in total. The molecule has 3 aliphatic rings. The number of nitrogens with two attached hydrogens (primary N) is 1. The number of β-amino-alcohol motifs (C(OH)–C–C–N with tert-alkyl or cyclic N) is 1. The van der Waals surface area contributed by atoms with Crippen LogP contribution in [0.25, 0.3) is 5.70 Å². The number of likely N-dealkylation sites (tertiary alicyclic amines) is 1. The highest BCUT2D eigenvalue weighted by Gasteiger charge is 2.60. The average Bonchev–Trinajstić information content (AvgIpc) is 3.11. The molecule has 29 heavy (non-hydrogen) atoms.